The molecule has 3 nitrogen and oxygen atoms in total. The number of hydrogen-bond donors (Lipinski definition) is 2. The summed E-state index contributed by atoms with van der Waals surface area (Å²) >= 11 is 0. The van der Waals surface area contributed by atoms with Crippen molar-refractivity contribution < 1.29 is 4.79 Å². The smallest absolute Gasteiger partial charge is 0.220 e. The Bertz CT molecular complexity index is 433. The van der Waals surface area contributed by atoms with E-state index in [2.05, 4.69) is 12.2 Å². The molecule has 2 rings (SSSR count). The number of carbonyl (C=O) groups excluding carboxylic acids is 1. The van der Waals surface area contributed by atoms with Crippen LogP contribution in [0, 0.1) is 11.8 Å². The van der Waals surface area contributed by atoms with E-state index in [1.807, 2.05) is 24.3 Å². The highest BCUT2D eigenvalue weighted by molar-refractivity contribution is 5.85. The van der Waals surface area contributed by atoms with Gasteiger partial charge in [-0.05, 0) is 48.8 Å². The lowest BCUT2D eigenvalue weighted by Crippen LogP contribution is -2.29. The zero-order valence-electron chi connectivity index (χ0n) is 12.8. The zero-order chi connectivity index (χ0) is 14.4. The van der Waals surface area contributed by atoms with Crippen LogP contribution in [0.15, 0.2) is 24.3 Å². The van der Waals surface area contributed by atoms with Gasteiger partial charge in [-0.1, -0.05) is 31.9 Å². The molecule has 0 spiro atoms. The molecule has 3 N–H and O–H groups in total. The highest BCUT2D eigenvalue weighted by atomic mass is 35.5. The molecule has 2 atom stereocenters. The van der Waals surface area contributed by atoms with E-state index >= 15 is 0 Å². The molecule has 4 heteroatoms. The minimum Gasteiger partial charge on any atom is -0.399 e. The van der Waals surface area contributed by atoms with Crippen molar-refractivity contribution in [2.45, 2.75) is 45.4 Å². The van der Waals surface area contributed by atoms with Gasteiger partial charge in [0.05, 0.1) is 0 Å². The fourth-order valence-electron chi connectivity index (χ4n) is 3.11. The first-order chi connectivity index (χ1) is 9.63. The lowest BCUT2D eigenvalue weighted by atomic mass is 9.81. The van der Waals surface area contributed by atoms with Crippen molar-refractivity contribution in [2.24, 2.45) is 11.8 Å². The number of nitrogens with one attached hydrogen (secondary N) is 1. The number of nitrogen functional groups attached to an aromatic ring is 1. The number of benzene rings is 1. The molecule has 1 aromatic carbocycles. The number of halogens is 1. The first kappa shape index (κ1) is 17.8. The molecule has 1 fully saturated rings. The molecular weight excluding hydrogens is 284 g/mol. The van der Waals surface area contributed by atoms with Gasteiger partial charge in [0, 0.05) is 18.7 Å². The van der Waals surface area contributed by atoms with Crippen molar-refractivity contribution in [1.82, 2.24) is 5.32 Å². The maximum Gasteiger partial charge on any atom is 0.220 e. The van der Waals surface area contributed by atoms with E-state index in [1.54, 1.807) is 0 Å². The lowest BCUT2D eigenvalue weighted by molar-refractivity contribution is -0.122. The second-order valence-electron chi connectivity index (χ2n) is 6.18. The van der Waals surface area contributed by atoms with Crippen LogP contribution in [-0.2, 0) is 11.2 Å². The van der Waals surface area contributed by atoms with E-state index in [1.165, 1.54) is 31.2 Å². The molecule has 0 radical (unpaired) electrons. The molecule has 0 heterocycles. The Morgan fingerprint density at radius 1 is 1.29 bits per heavy atom. The Morgan fingerprint density at radius 3 is 2.67 bits per heavy atom. The Labute approximate surface area is 134 Å². The van der Waals surface area contributed by atoms with Crippen LogP contribution < -0.4 is 11.1 Å². The lowest BCUT2D eigenvalue weighted by Gasteiger charge is -2.26. The van der Waals surface area contributed by atoms with Gasteiger partial charge in [-0.25, -0.2) is 0 Å². The Balaban J connectivity index is 0.00000220. The van der Waals surface area contributed by atoms with E-state index in [4.69, 9.17) is 5.73 Å². The first-order valence-electron chi connectivity index (χ1n) is 7.74. The standard InChI is InChI=1S/C17H26N2O.ClH/c1-13-3-2-4-15(11-13)12-17(20)19-10-9-14-5-7-16(18)8-6-14;/h5-8,13,15H,2-4,9-12,18H2,1H3,(H,19,20);1H. The van der Waals surface area contributed by atoms with E-state index < -0.39 is 0 Å². The van der Waals surface area contributed by atoms with Crippen LogP contribution in [0.2, 0.25) is 0 Å². The summed E-state index contributed by atoms with van der Waals surface area (Å²) in [4.78, 5) is 11.9. The summed E-state index contributed by atoms with van der Waals surface area (Å²) in [6.07, 6.45) is 6.61. The molecule has 1 aliphatic rings. The van der Waals surface area contributed by atoms with E-state index in [9.17, 15) is 4.79 Å². The molecule has 0 aliphatic heterocycles. The Kier molecular flexibility index (Phi) is 7.58. The molecule has 0 bridgehead atoms. The number of amides is 1. The molecule has 1 aliphatic carbocycles. The van der Waals surface area contributed by atoms with Gasteiger partial charge in [0.15, 0.2) is 0 Å². The third-order valence-electron chi connectivity index (χ3n) is 4.23. The maximum atomic E-state index is 11.9. The molecule has 118 valence electrons. The number of anilines is 1. The fourth-order valence-corrected chi connectivity index (χ4v) is 3.11. The summed E-state index contributed by atoms with van der Waals surface area (Å²) in [5, 5.41) is 3.04. The molecular formula is C17H27ClN2O. The normalized spacial score (nSPS) is 21.4. The van der Waals surface area contributed by atoms with Crippen LogP contribution >= 0.6 is 12.4 Å². The topological polar surface area (TPSA) is 55.1 Å². The van der Waals surface area contributed by atoms with Gasteiger partial charge in [-0.15, -0.1) is 12.4 Å². The number of rotatable bonds is 5. The SMILES string of the molecule is CC1CCCC(CC(=O)NCCc2ccc(N)cc2)C1.Cl. The average Bonchev–Trinajstić information content (AvgIpc) is 2.41. The highest BCUT2D eigenvalue weighted by Crippen LogP contribution is 2.30. The predicted molar refractivity (Wildman–Crippen MR) is 90.6 cm³/mol. The van der Waals surface area contributed by atoms with Gasteiger partial charge < -0.3 is 11.1 Å². The predicted octanol–water partition coefficient (Wildman–Crippen LogP) is 3.57. The summed E-state index contributed by atoms with van der Waals surface area (Å²) in [5.74, 6) is 1.59. The highest BCUT2D eigenvalue weighted by Gasteiger charge is 2.20. The second-order valence-corrected chi connectivity index (χ2v) is 6.18. The van der Waals surface area contributed by atoms with Gasteiger partial charge in [0.25, 0.3) is 0 Å². The van der Waals surface area contributed by atoms with Gasteiger partial charge >= 0.3 is 0 Å². The summed E-state index contributed by atoms with van der Waals surface area (Å²) in [7, 11) is 0. The van der Waals surface area contributed by atoms with Crippen molar-refractivity contribution in [2.75, 3.05) is 12.3 Å². The molecule has 1 aromatic rings. The van der Waals surface area contributed by atoms with Gasteiger partial charge in [-0.3, -0.25) is 4.79 Å². The van der Waals surface area contributed by atoms with Crippen LogP contribution in [0.1, 0.15) is 44.6 Å². The summed E-state index contributed by atoms with van der Waals surface area (Å²) in [6, 6.07) is 7.84. The molecule has 0 saturated heterocycles. The van der Waals surface area contributed by atoms with Crippen LogP contribution in [0.4, 0.5) is 5.69 Å². The number of hydrogen-bond acceptors (Lipinski definition) is 2. The second kappa shape index (κ2) is 8.93. The summed E-state index contributed by atoms with van der Waals surface area (Å²) in [6.45, 7) is 3.01. The van der Waals surface area contributed by atoms with Crippen LogP contribution in [-0.4, -0.2) is 12.5 Å². The third kappa shape index (κ3) is 6.38. The third-order valence-corrected chi connectivity index (χ3v) is 4.23. The van der Waals surface area contributed by atoms with E-state index in [0.717, 1.165) is 18.0 Å². The van der Waals surface area contributed by atoms with Crippen LogP contribution in [0.5, 0.6) is 0 Å². The zero-order valence-corrected chi connectivity index (χ0v) is 13.6. The molecule has 1 saturated carbocycles. The summed E-state index contributed by atoms with van der Waals surface area (Å²) < 4.78 is 0. The maximum absolute atomic E-state index is 11.9. The molecule has 21 heavy (non-hydrogen) atoms. The summed E-state index contributed by atoms with van der Waals surface area (Å²) in [5.41, 5.74) is 7.64. The van der Waals surface area contributed by atoms with Gasteiger partial charge in [0.2, 0.25) is 5.91 Å². The van der Waals surface area contributed by atoms with Crippen molar-refractivity contribution >= 4 is 24.0 Å². The van der Waals surface area contributed by atoms with Crippen molar-refractivity contribution in [3.63, 3.8) is 0 Å². The number of carbonyl (C=O) groups is 1. The molecule has 2 unspecified atom stereocenters. The minimum absolute atomic E-state index is 0. The minimum atomic E-state index is 0. The Morgan fingerprint density at radius 2 is 2.00 bits per heavy atom. The molecule has 1 amide bonds. The van der Waals surface area contributed by atoms with Crippen molar-refractivity contribution in [1.29, 1.82) is 0 Å². The van der Waals surface area contributed by atoms with Crippen molar-refractivity contribution in [3.8, 4) is 0 Å². The van der Waals surface area contributed by atoms with Gasteiger partial charge in [0.1, 0.15) is 0 Å². The Hall–Kier alpha value is -1.22. The van der Waals surface area contributed by atoms with Crippen LogP contribution in [0.3, 0.4) is 0 Å². The monoisotopic (exact) mass is 310 g/mol. The quantitative estimate of drug-likeness (QED) is 0.817. The largest absolute Gasteiger partial charge is 0.399 e. The fraction of sp³-hybridized carbons (Fsp3) is 0.588. The average molecular weight is 311 g/mol. The first-order valence-corrected chi connectivity index (χ1v) is 7.74. The van der Waals surface area contributed by atoms with Crippen LogP contribution in [0.25, 0.3) is 0 Å². The van der Waals surface area contributed by atoms with E-state index in [0.29, 0.717) is 18.9 Å². The number of nitrogens with two attached hydrogens (primary N) is 1. The van der Waals surface area contributed by atoms with E-state index in [-0.39, 0.29) is 18.3 Å². The molecule has 0 aromatic heterocycles. The van der Waals surface area contributed by atoms with Gasteiger partial charge in [-0.2, -0.15) is 0 Å². The van der Waals surface area contributed by atoms with Crippen molar-refractivity contribution in [3.05, 3.63) is 29.8 Å².